The number of hydrogen-bond donors (Lipinski definition) is 3. The van der Waals surface area contributed by atoms with Gasteiger partial charge in [0.25, 0.3) is 0 Å². The van der Waals surface area contributed by atoms with E-state index in [0.29, 0.717) is 6.04 Å². The Bertz CT molecular complexity index is 104. The maximum atomic E-state index is 9.09. The van der Waals surface area contributed by atoms with Crippen LogP contribution in [0.2, 0.25) is 12.6 Å². The fourth-order valence-electron chi connectivity index (χ4n) is 1.13. The zero-order chi connectivity index (χ0) is 9.45. The third-order valence-corrected chi connectivity index (χ3v) is 3.16. The predicted octanol–water partition coefficient (Wildman–Crippen LogP) is 0.952. The highest BCUT2D eigenvalue weighted by Gasteiger charge is 2.19. The topological polar surface area (TPSA) is 66.5 Å². The van der Waals surface area contributed by atoms with Gasteiger partial charge >= 0.3 is 8.56 Å². The van der Waals surface area contributed by atoms with Crippen LogP contribution in [0.3, 0.4) is 0 Å². The van der Waals surface area contributed by atoms with E-state index in [1.54, 1.807) is 6.55 Å². The second-order valence-electron chi connectivity index (χ2n) is 3.52. The van der Waals surface area contributed by atoms with Crippen molar-refractivity contribution in [1.82, 2.24) is 0 Å². The Morgan fingerprint density at radius 1 is 1.00 bits per heavy atom. The van der Waals surface area contributed by atoms with E-state index in [9.17, 15) is 0 Å². The van der Waals surface area contributed by atoms with Gasteiger partial charge in [0.2, 0.25) is 0 Å². The van der Waals surface area contributed by atoms with E-state index >= 15 is 0 Å². The van der Waals surface area contributed by atoms with Crippen LogP contribution in [-0.4, -0.2) is 24.7 Å². The van der Waals surface area contributed by atoms with E-state index in [-0.39, 0.29) is 0 Å². The second-order valence-corrected chi connectivity index (χ2v) is 6.46. The molecule has 0 aromatic rings. The van der Waals surface area contributed by atoms with E-state index < -0.39 is 8.56 Å². The van der Waals surface area contributed by atoms with Crippen LogP contribution in [-0.2, 0) is 0 Å². The number of nitrogens with two attached hydrogens (primary N) is 1. The average molecular weight is 191 g/mol. The maximum absolute atomic E-state index is 9.09. The first-order valence-electron chi connectivity index (χ1n) is 4.71. The van der Waals surface area contributed by atoms with Crippen molar-refractivity contribution < 1.29 is 9.59 Å². The zero-order valence-electron chi connectivity index (χ0n) is 7.92. The van der Waals surface area contributed by atoms with Gasteiger partial charge in [-0.2, -0.15) is 0 Å². The second kappa shape index (κ2) is 6.60. The number of hydrogen-bond acceptors (Lipinski definition) is 3. The molecule has 0 heterocycles. The van der Waals surface area contributed by atoms with Crippen LogP contribution in [0.25, 0.3) is 0 Å². The van der Waals surface area contributed by atoms with Gasteiger partial charge in [-0.15, -0.1) is 0 Å². The molecule has 3 nitrogen and oxygen atoms in total. The Morgan fingerprint density at radius 3 is 2.00 bits per heavy atom. The first-order valence-corrected chi connectivity index (χ1v) is 7.31. The molecule has 0 fully saturated rings. The first kappa shape index (κ1) is 12.1. The molecule has 12 heavy (non-hydrogen) atoms. The smallest absolute Gasteiger partial charge is 0.329 e. The van der Waals surface area contributed by atoms with Crippen molar-refractivity contribution in [2.24, 2.45) is 5.73 Å². The Balaban J connectivity index is 3.01. The molecular formula is C8H21NO2Si. The molecule has 4 heteroatoms. The third kappa shape index (κ3) is 10.1. The fraction of sp³-hybridized carbons (Fsp3) is 1.00. The van der Waals surface area contributed by atoms with E-state index in [0.717, 1.165) is 25.8 Å². The summed E-state index contributed by atoms with van der Waals surface area (Å²) in [5, 5.41) is 0. The lowest BCUT2D eigenvalue weighted by Gasteiger charge is -2.10. The van der Waals surface area contributed by atoms with Crippen molar-refractivity contribution in [3.63, 3.8) is 0 Å². The monoisotopic (exact) mass is 191 g/mol. The highest BCUT2D eigenvalue weighted by molar-refractivity contribution is 6.63. The molecule has 0 aliphatic heterocycles. The molecule has 0 radical (unpaired) electrons. The summed E-state index contributed by atoms with van der Waals surface area (Å²) in [6.07, 6.45) is 5.48. The standard InChI is InChI=1S/C8H21NO2Si/c1-12(10,11)8-6-4-2-3-5-7-9/h10-11H,2-9H2,1H3. The van der Waals surface area contributed by atoms with Gasteiger partial charge < -0.3 is 15.3 Å². The van der Waals surface area contributed by atoms with Gasteiger partial charge in [-0.1, -0.05) is 25.7 Å². The van der Waals surface area contributed by atoms with Crippen molar-refractivity contribution in [1.29, 1.82) is 0 Å². The van der Waals surface area contributed by atoms with E-state index in [1.807, 2.05) is 0 Å². The molecule has 0 atom stereocenters. The largest absolute Gasteiger partial charge is 0.411 e. The normalized spacial score (nSPS) is 12.0. The van der Waals surface area contributed by atoms with E-state index in [1.165, 1.54) is 12.8 Å². The van der Waals surface area contributed by atoms with Crippen LogP contribution < -0.4 is 5.73 Å². The molecule has 0 aliphatic rings. The zero-order valence-corrected chi connectivity index (χ0v) is 8.92. The molecule has 0 rings (SSSR count). The SMILES string of the molecule is C[Si](O)(O)CCCCCCCN. The summed E-state index contributed by atoms with van der Waals surface area (Å²) in [4.78, 5) is 18.2. The number of unbranched alkanes of at least 4 members (excludes halogenated alkanes) is 4. The maximum Gasteiger partial charge on any atom is 0.329 e. The van der Waals surface area contributed by atoms with Crippen molar-refractivity contribution in [2.45, 2.75) is 44.7 Å². The Kier molecular flexibility index (Phi) is 6.65. The quantitative estimate of drug-likeness (QED) is 0.415. The average Bonchev–Trinajstić information content (AvgIpc) is 1.94. The van der Waals surface area contributed by atoms with Crippen LogP contribution in [0.15, 0.2) is 0 Å². The molecule has 74 valence electrons. The third-order valence-electron chi connectivity index (χ3n) is 1.85. The minimum absolute atomic E-state index is 0.607. The molecule has 0 spiro atoms. The van der Waals surface area contributed by atoms with Crippen LogP contribution in [0.5, 0.6) is 0 Å². The summed E-state index contributed by atoms with van der Waals surface area (Å²) in [6, 6.07) is 0.607. The van der Waals surface area contributed by atoms with Crippen molar-refractivity contribution in [3.8, 4) is 0 Å². The molecule has 0 aromatic heterocycles. The van der Waals surface area contributed by atoms with Crippen molar-refractivity contribution >= 4 is 8.56 Å². The van der Waals surface area contributed by atoms with Gasteiger partial charge in [0.1, 0.15) is 0 Å². The Hall–Kier alpha value is 0.0969. The van der Waals surface area contributed by atoms with Crippen molar-refractivity contribution in [3.05, 3.63) is 0 Å². The summed E-state index contributed by atoms with van der Waals surface area (Å²) in [5.74, 6) is 0. The minimum Gasteiger partial charge on any atom is -0.411 e. The van der Waals surface area contributed by atoms with E-state index in [4.69, 9.17) is 15.3 Å². The molecule has 0 aromatic carbocycles. The number of rotatable bonds is 7. The molecule has 0 saturated carbocycles. The lowest BCUT2D eigenvalue weighted by Crippen LogP contribution is -2.29. The van der Waals surface area contributed by atoms with E-state index in [2.05, 4.69) is 0 Å². The van der Waals surface area contributed by atoms with Gasteiger partial charge in [-0.05, 0) is 25.6 Å². The van der Waals surface area contributed by atoms with Gasteiger partial charge in [-0.25, -0.2) is 0 Å². The van der Waals surface area contributed by atoms with Gasteiger partial charge in [0.05, 0.1) is 0 Å². The lowest BCUT2D eigenvalue weighted by molar-refractivity contribution is 0.366. The Labute approximate surface area is 75.8 Å². The molecule has 0 aliphatic carbocycles. The molecule has 0 bridgehead atoms. The van der Waals surface area contributed by atoms with Crippen LogP contribution in [0.4, 0.5) is 0 Å². The molecule has 0 amide bonds. The van der Waals surface area contributed by atoms with Crippen LogP contribution in [0, 0.1) is 0 Å². The van der Waals surface area contributed by atoms with Crippen LogP contribution in [0.1, 0.15) is 32.1 Å². The molecular weight excluding hydrogens is 170 g/mol. The molecule has 0 saturated heterocycles. The summed E-state index contributed by atoms with van der Waals surface area (Å²) < 4.78 is 0. The molecule has 0 unspecified atom stereocenters. The highest BCUT2D eigenvalue weighted by atomic mass is 28.4. The first-order chi connectivity index (χ1) is 5.56. The fourth-order valence-corrected chi connectivity index (χ4v) is 2.05. The summed E-state index contributed by atoms with van der Waals surface area (Å²) in [5.41, 5.74) is 5.34. The van der Waals surface area contributed by atoms with Crippen LogP contribution >= 0.6 is 0 Å². The van der Waals surface area contributed by atoms with Crippen molar-refractivity contribution in [2.75, 3.05) is 6.54 Å². The molecule has 4 N–H and O–H groups in total. The summed E-state index contributed by atoms with van der Waals surface area (Å²) in [6.45, 7) is 2.33. The lowest BCUT2D eigenvalue weighted by atomic mass is 10.2. The highest BCUT2D eigenvalue weighted by Crippen LogP contribution is 2.10. The summed E-state index contributed by atoms with van der Waals surface area (Å²) >= 11 is 0. The Morgan fingerprint density at radius 2 is 1.50 bits per heavy atom. The minimum atomic E-state index is -2.75. The predicted molar refractivity (Wildman–Crippen MR) is 53.0 cm³/mol. The van der Waals surface area contributed by atoms with Gasteiger partial charge in [-0.3, -0.25) is 0 Å². The van der Waals surface area contributed by atoms with Gasteiger partial charge in [0.15, 0.2) is 0 Å². The van der Waals surface area contributed by atoms with Gasteiger partial charge in [0, 0.05) is 0 Å². The summed E-state index contributed by atoms with van der Waals surface area (Å²) in [7, 11) is -2.75.